The SMILES string of the molecule is CC(C)n1nc(-c2cncc(C(F)(F)F)c2)cc1[C@@H]1C2C[C@H]1C[C@H]2N1CC[C@@]2(CCS(=O)(=O)C2)C1. The van der Waals surface area contributed by atoms with E-state index in [2.05, 4.69) is 9.88 Å². The molecule has 35 heavy (non-hydrogen) atoms. The summed E-state index contributed by atoms with van der Waals surface area (Å²) in [5.74, 6) is 2.01. The second-order valence-electron chi connectivity index (χ2n) is 11.5. The molecular formula is C25H31F3N4O2S. The van der Waals surface area contributed by atoms with Gasteiger partial charge in [0.15, 0.2) is 9.84 Å². The Hall–Kier alpha value is -1.94. The maximum Gasteiger partial charge on any atom is 0.417 e. The van der Waals surface area contributed by atoms with E-state index in [0.29, 0.717) is 46.6 Å². The third kappa shape index (κ3) is 3.91. The molecule has 0 radical (unpaired) electrons. The monoisotopic (exact) mass is 508 g/mol. The molecule has 6 nitrogen and oxygen atoms in total. The van der Waals surface area contributed by atoms with Crippen molar-refractivity contribution in [2.45, 2.75) is 63.7 Å². The van der Waals surface area contributed by atoms with Gasteiger partial charge in [0.1, 0.15) is 0 Å². The number of halogens is 3. The van der Waals surface area contributed by atoms with E-state index in [1.54, 1.807) is 0 Å². The molecule has 0 amide bonds. The highest BCUT2D eigenvalue weighted by Crippen LogP contribution is 2.61. The predicted octanol–water partition coefficient (Wildman–Crippen LogP) is 4.55. The maximum absolute atomic E-state index is 13.2. The van der Waals surface area contributed by atoms with Gasteiger partial charge in [0.05, 0.1) is 22.8 Å². The first-order valence-electron chi connectivity index (χ1n) is 12.5. The van der Waals surface area contributed by atoms with E-state index in [1.807, 2.05) is 24.6 Å². The van der Waals surface area contributed by atoms with Crippen molar-refractivity contribution in [2.24, 2.45) is 17.3 Å². The number of aromatic nitrogens is 3. The molecule has 2 aliphatic heterocycles. The summed E-state index contributed by atoms with van der Waals surface area (Å²) in [5, 5.41) is 4.73. The normalized spacial score (nSPS) is 34.2. The lowest BCUT2D eigenvalue weighted by Crippen LogP contribution is -2.40. The van der Waals surface area contributed by atoms with Crippen LogP contribution in [0.25, 0.3) is 11.3 Å². The Balaban J connectivity index is 1.25. The Morgan fingerprint density at radius 1 is 1.14 bits per heavy atom. The van der Waals surface area contributed by atoms with Crippen LogP contribution >= 0.6 is 0 Å². The summed E-state index contributed by atoms with van der Waals surface area (Å²) in [4.78, 5) is 6.36. The summed E-state index contributed by atoms with van der Waals surface area (Å²) in [6.07, 6.45) is 1.84. The number of fused-ring (bicyclic) bond motifs is 1. The maximum atomic E-state index is 13.2. The van der Waals surface area contributed by atoms with Crippen LogP contribution < -0.4 is 0 Å². The lowest BCUT2D eigenvalue weighted by molar-refractivity contribution is -0.137. The van der Waals surface area contributed by atoms with Crippen molar-refractivity contribution in [1.29, 1.82) is 0 Å². The van der Waals surface area contributed by atoms with Gasteiger partial charge >= 0.3 is 6.18 Å². The minimum Gasteiger partial charge on any atom is -0.299 e. The lowest BCUT2D eigenvalue weighted by Gasteiger charge is -2.39. The molecule has 2 aromatic rings. The molecule has 3 saturated carbocycles. The first-order chi connectivity index (χ1) is 16.4. The van der Waals surface area contributed by atoms with Crippen LogP contribution in [-0.2, 0) is 16.0 Å². The quantitative estimate of drug-likeness (QED) is 0.606. The molecular weight excluding hydrogens is 477 g/mol. The first kappa shape index (κ1) is 23.5. The predicted molar refractivity (Wildman–Crippen MR) is 125 cm³/mol. The second-order valence-corrected chi connectivity index (χ2v) is 13.7. The van der Waals surface area contributed by atoms with E-state index in [4.69, 9.17) is 5.10 Å². The van der Waals surface area contributed by atoms with Crippen molar-refractivity contribution in [2.75, 3.05) is 24.6 Å². The van der Waals surface area contributed by atoms with Crippen molar-refractivity contribution in [1.82, 2.24) is 19.7 Å². The fourth-order valence-electron chi connectivity index (χ4n) is 7.31. The van der Waals surface area contributed by atoms with E-state index < -0.39 is 21.6 Å². The highest BCUT2D eigenvalue weighted by molar-refractivity contribution is 7.91. The molecule has 2 aromatic heterocycles. The summed E-state index contributed by atoms with van der Waals surface area (Å²) in [6, 6.07) is 3.64. The molecule has 7 rings (SSSR count). The van der Waals surface area contributed by atoms with Crippen molar-refractivity contribution < 1.29 is 21.6 Å². The number of hydrogen-bond acceptors (Lipinski definition) is 5. The lowest BCUT2D eigenvalue weighted by atomic mass is 9.69. The Labute approximate surface area is 203 Å². The van der Waals surface area contributed by atoms with Gasteiger partial charge in [-0.1, -0.05) is 0 Å². The first-order valence-corrected chi connectivity index (χ1v) is 14.3. The zero-order valence-electron chi connectivity index (χ0n) is 20.0. The molecule has 3 aliphatic carbocycles. The van der Waals surface area contributed by atoms with Crippen LogP contribution in [0.4, 0.5) is 13.2 Å². The largest absolute Gasteiger partial charge is 0.417 e. The molecule has 0 aromatic carbocycles. The van der Waals surface area contributed by atoms with Gasteiger partial charge < -0.3 is 0 Å². The second kappa shape index (κ2) is 7.78. The molecule has 5 atom stereocenters. The molecule has 2 bridgehead atoms. The average molecular weight is 509 g/mol. The Morgan fingerprint density at radius 2 is 1.94 bits per heavy atom. The van der Waals surface area contributed by atoms with E-state index in [9.17, 15) is 21.6 Å². The number of nitrogens with zero attached hydrogens (tertiary/aromatic N) is 4. The number of rotatable bonds is 4. The van der Waals surface area contributed by atoms with E-state index in [0.717, 1.165) is 56.7 Å². The number of pyridine rings is 1. The van der Waals surface area contributed by atoms with Gasteiger partial charge in [-0.2, -0.15) is 18.3 Å². The molecule has 190 valence electrons. The summed E-state index contributed by atoms with van der Waals surface area (Å²) in [6.45, 7) is 5.93. The molecule has 0 N–H and O–H groups in total. The molecule has 5 fully saturated rings. The third-order valence-electron chi connectivity index (χ3n) is 8.95. The van der Waals surface area contributed by atoms with Gasteiger partial charge in [0.2, 0.25) is 0 Å². The third-order valence-corrected chi connectivity index (χ3v) is 10.8. The van der Waals surface area contributed by atoms with Gasteiger partial charge in [0.25, 0.3) is 0 Å². The topological polar surface area (TPSA) is 68.1 Å². The number of sulfone groups is 1. The van der Waals surface area contributed by atoms with Gasteiger partial charge in [-0.15, -0.1) is 0 Å². The van der Waals surface area contributed by atoms with E-state index in [1.165, 1.54) is 6.20 Å². The fraction of sp³-hybridized carbons (Fsp3) is 0.680. The van der Waals surface area contributed by atoms with Crippen LogP contribution in [-0.4, -0.2) is 58.7 Å². The Kier molecular flexibility index (Phi) is 5.21. The van der Waals surface area contributed by atoms with Crippen molar-refractivity contribution in [3.05, 3.63) is 35.8 Å². The molecule has 5 aliphatic rings. The molecule has 1 spiro atoms. The van der Waals surface area contributed by atoms with Crippen molar-refractivity contribution in [3.63, 3.8) is 0 Å². The zero-order chi connectivity index (χ0) is 24.8. The smallest absolute Gasteiger partial charge is 0.299 e. The van der Waals surface area contributed by atoms with Crippen LogP contribution in [0.3, 0.4) is 0 Å². The average Bonchev–Trinajstić information content (AvgIpc) is 3.56. The van der Waals surface area contributed by atoms with E-state index in [-0.39, 0.29) is 11.5 Å². The highest BCUT2D eigenvalue weighted by atomic mass is 32.2. The summed E-state index contributed by atoms with van der Waals surface area (Å²) >= 11 is 0. The summed E-state index contributed by atoms with van der Waals surface area (Å²) in [5.41, 5.74) is 1.19. The standard InChI is InChI=1S/C25H31F3N4O2S/c1-15(2)32-22(10-20(30-32)17-7-18(12-29-11-17)25(26,27)28)23-16-8-19(23)21(9-16)31-5-3-24(13-31)4-6-35(33,34)14-24/h7,10-12,15-16,19,21,23H,3-6,8-9,13-14H2,1-2H3/t16-,19?,21+,23-,24+/m0/s1. The fourth-order valence-corrected chi connectivity index (χ4v) is 9.51. The number of likely N-dealkylation sites (tertiary alicyclic amines) is 1. The van der Waals surface area contributed by atoms with Crippen LogP contribution in [0.2, 0.25) is 0 Å². The minimum atomic E-state index is -4.45. The van der Waals surface area contributed by atoms with Crippen LogP contribution in [0.1, 0.15) is 62.7 Å². The highest BCUT2D eigenvalue weighted by Gasteiger charge is 2.58. The van der Waals surface area contributed by atoms with Gasteiger partial charge in [-0.3, -0.25) is 14.6 Å². The zero-order valence-corrected chi connectivity index (χ0v) is 20.8. The Bertz CT molecular complexity index is 1260. The molecule has 4 heterocycles. The van der Waals surface area contributed by atoms with Crippen LogP contribution in [0.5, 0.6) is 0 Å². The Morgan fingerprint density at radius 3 is 2.63 bits per heavy atom. The van der Waals surface area contributed by atoms with Crippen LogP contribution in [0.15, 0.2) is 24.5 Å². The summed E-state index contributed by atoms with van der Waals surface area (Å²) in [7, 11) is -2.91. The molecule has 2 saturated heterocycles. The van der Waals surface area contributed by atoms with Crippen molar-refractivity contribution >= 4 is 9.84 Å². The van der Waals surface area contributed by atoms with E-state index >= 15 is 0 Å². The van der Waals surface area contributed by atoms with Gasteiger partial charge in [-0.05, 0) is 75.5 Å². The molecule has 10 heteroatoms. The number of alkyl halides is 3. The number of hydrogen-bond donors (Lipinski definition) is 0. The minimum absolute atomic E-state index is 0.0648. The van der Waals surface area contributed by atoms with Crippen molar-refractivity contribution in [3.8, 4) is 11.3 Å². The summed E-state index contributed by atoms with van der Waals surface area (Å²) < 4.78 is 66.0. The van der Waals surface area contributed by atoms with Gasteiger partial charge in [-0.25, -0.2) is 8.42 Å². The van der Waals surface area contributed by atoms with Crippen LogP contribution in [0, 0.1) is 17.3 Å². The molecule has 1 unspecified atom stereocenters. The van der Waals surface area contributed by atoms with Gasteiger partial charge in [0, 0.05) is 48.2 Å².